The zero-order valence-electron chi connectivity index (χ0n) is 25.3. The van der Waals surface area contributed by atoms with Crippen LogP contribution in [0.1, 0.15) is 38.8 Å². The molecule has 0 fully saturated rings. The first-order valence-electron chi connectivity index (χ1n) is 13.4. The number of nitrogens with one attached hydrogen (secondary N) is 1. The van der Waals surface area contributed by atoms with Crippen LogP contribution in [0.2, 0.25) is 10.0 Å². The van der Waals surface area contributed by atoms with Gasteiger partial charge in [-0.1, -0.05) is 47.0 Å². The number of amides is 2. The first kappa shape index (κ1) is 34.0. The zero-order valence-corrected chi connectivity index (χ0v) is 27.6. The van der Waals surface area contributed by atoms with Crippen LogP contribution in [0.5, 0.6) is 11.5 Å². The monoisotopic (exact) mass is 649 g/mol. The second-order valence-electron chi connectivity index (χ2n) is 11.0. The summed E-state index contributed by atoms with van der Waals surface area (Å²) >= 11 is 12.3. The van der Waals surface area contributed by atoms with Gasteiger partial charge in [0.05, 0.1) is 34.8 Å². The summed E-state index contributed by atoms with van der Waals surface area (Å²) in [6, 6.07) is 14.9. The molecular weight excluding hydrogens is 613 g/mol. The van der Waals surface area contributed by atoms with E-state index in [-0.39, 0.29) is 27.9 Å². The molecule has 0 bridgehead atoms. The van der Waals surface area contributed by atoms with Crippen LogP contribution >= 0.6 is 23.2 Å². The van der Waals surface area contributed by atoms with Crippen LogP contribution < -0.4 is 19.1 Å². The van der Waals surface area contributed by atoms with Crippen molar-refractivity contribution in [3.63, 3.8) is 0 Å². The van der Waals surface area contributed by atoms with Gasteiger partial charge in [0.1, 0.15) is 12.6 Å². The van der Waals surface area contributed by atoms with Gasteiger partial charge in [0.25, 0.3) is 10.0 Å². The number of hydrogen-bond acceptors (Lipinski definition) is 6. The molecule has 0 aromatic heterocycles. The molecule has 12 heteroatoms. The average Bonchev–Trinajstić information content (AvgIpc) is 2.95. The number of sulfonamides is 1. The summed E-state index contributed by atoms with van der Waals surface area (Å²) in [5, 5.41) is 3.52. The Bertz CT molecular complexity index is 1570. The van der Waals surface area contributed by atoms with Gasteiger partial charge >= 0.3 is 0 Å². The first-order chi connectivity index (χ1) is 20.1. The quantitative estimate of drug-likeness (QED) is 0.280. The number of anilines is 1. The summed E-state index contributed by atoms with van der Waals surface area (Å²) in [5.41, 5.74) is 1.24. The lowest BCUT2D eigenvalue weighted by Gasteiger charge is -2.33. The third-order valence-corrected chi connectivity index (χ3v) is 9.06. The number of carbonyl (C=O) groups is 2. The number of halogens is 2. The Kier molecular flexibility index (Phi) is 11.0. The van der Waals surface area contributed by atoms with Gasteiger partial charge in [0.15, 0.2) is 11.5 Å². The highest BCUT2D eigenvalue weighted by Gasteiger charge is 2.34. The number of hydrogen-bond donors (Lipinski definition) is 1. The highest BCUT2D eigenvalue weighted by atomic mass is 35.5. The van der Waals surface area contributed by atoms with Gasteiger partial charge in [-0.3, -0.25) is 13.9 Å². The molecule has 3 rings (SSSR count). The molecule has 0 aliphatic carbocycles. The van der Waals surface area contributed by atoms with Crippen molar-refractivity contribution in [2.75, 3.05) is 25.1 Å². The van der Waals surface area contributed by atoms with E-state index in [0.717, 1.165) is 9.87 Å². The second-order valence-corrected chi connectivity index (χ2v) is 13.7. The average molecular weight is 651 g/mol. The fraction of sp³-hybridized carbons (Fsp3) is 0.355. The molecule has 0 saturated heterocycles. The van der Waals surface area contributed by atoms with E-state index in [9.17, 15) is 18.0 Å². The summed E-state index contributed by atoms with van der Waals surface area (Å²) < 4.78 is 39.9. The third kappa shape index (κ3) is 8.55. The maximum atomic E-state index is 14.1. The number of carbonyl (C=O) groups excluding carboxylic acids is 2. The Hall–Kier alpha value is -3.47. The van der Waals surface area contributed by atoms with Gasteiger partial charge < -0.3 is 19.7 Å². The van der Waals surface area contributed by atoms with Crippen molar-refractivity contribution in [3.05, 3.63) is 81.8 Å². The van der Waals surface area contributed by atoms with Gasteiger partial charge in [-0.15, -0.1) is 0 Å². The molecule has 9 nitrogen and oxygen atoms in total. The lowest BCUT2D eigenvalue weighted by molar-refractivity contribution is -0.140. The highest BCUT2D eigenvalue weighted by Crippen LogP contribution is 2.32. The smallest absolute Gasteiger partial charge is 0.264 e. The number of nitrogens with zero attached hydrogens (tertiary/aromatic N) is 2. The van der Waals surface area contributed by atoms with Crippen LogP contribution in [0.4, 0.5) is 5.69 Å². The van der Waals surface area contributed by atoms with Crippen LogP contribution in [0.3, 0.4) is 0 Å². The number of aryl methyl sites for hydroxylation is 1. The Labute approximate surface area is 263 Å². The van der Waals surface area contributed by atoms with Gasteiger partial charge in [-0.2, -0.15) is 0 Å². The second kappa shape index (κ2) is 13.9. The number of ether oxygens (including phenoxy) is 2. The Morgan fingerprint density at radius 3 is 2.09 bits per heavy atom. The van der Waals surface area contributed by atoms with Gasteiger partial charge in [0.2, 0.25) is 11.8 Å². The van der Waals surface area contributed by atoms with E-state index in [4.69, 9.17) is 32.7 Å². The van der Waals surface area contributed by atoms with Crippen molar-refractivity contribution < 1.29 is 27.5 Å². The molecule has 0 aliphatic heterocycles. The SMILES string of the molecule is COc1ccc(S(=O)(=O)N(CC(=O)N(Cc2ccc(Cl)c(Cl)c2)[C@@H](C)C(=O)NC(C)(C)C)c2ccc(C)cc2)cc1OC. The van der Waals surface area contributed by atoms with Crippen molar-refractivity contribution in [1.82, 2.24) is 10.2 Å². The lowest BCUT2D eigenvalue weighted by atomic mass is 10.1. The molecule has 1 atom stereocenters. The van der Waals surface area contributed by atoms with Gasteiger partial charge in [-0.25, -0.2) is 8.42 Å². The van der Waals surface area contributed by atoms with Crippen LogP contribution in [0.15, 0.2) is 65.6 Å². The molecule has 0 saturated carbocycles. The van der Waals surface area contributed by atoms with E-state index in [1.807, 2.05) is 27.7 Å². The molecule has 3 aromatic rings. The molecule has 43 heavy (non-hydrogen) atoms. The first-order valence-corrected chi connectivity index (χ1v) is 15.6. The topological polar surface area (TPSA) is 105 Å². The van der Waals surface area contributed by atoms with Crippen LogP contribution in [-0.2, 0) is 26.2 Å². The number of benzene rings is 3. The highest BCUT2D eigenvalue weighted by molar-refractivity contribution is 7.92. The summed E-state index contributed by atoms with van der Waals surface area (Å²) in [6.07, 6.45) is 0. The van der Waals surface area contributed by atoms with Crippen molar-refractivity contribution >= 4 is 50.7 Å². The molecule has 0 spiro atoms. The summed E-state index contributed by atoms with van der Waals surface area (Å²) in [6.45, 7) is 8.35. The van der Waals surface area contributed by atoms with E-state index in [1.54, 1.807) is 49.4 Å². The fourth-order valence-corrected chi connectivity index (χ4v) is 5.99. The van der Waals surface area contributed by atoms with Crippen molar-refractivity contribution in [2.24, 2.45) is 0 Å². The van der Waals surface area contributed by atoms with Crippen molar-refractivity contribution in [1.29, 1.82) is 0 Å². The molecule has 0 heterocycles. The van der Waals surface area contributed by atoms with E-state index < -0.39 is 40.0 Å². The van der Waals surface area contributed by atoms with Crippen molar-refractivity contribution in [3.8, 4) is 11.5 Å². The maximum Gasteiger partial charge on any atom is 0.264 e. The summed E-state index contributed by atoms with van der Waals surface area (Å²) in [4.78, 5) is 28.6. The van der Waals surface area contributed by atoms with Crippen molar-refractivity contribution in [2.45, 2.75) is 57.6 Å². The molecule has 0 unspecified atom stereocenters. The Morgan fingerprint density at radius 1 is 0.907 bits per heavy atom. The van der Waals surface area contributed by atoms with Gasteiger partial charge in [0, 0.05) is 18.2 Å². The summed E-state index contributed by atoms with van der Waals surface area (Å²) in [7, 11) is -1.45. The number of rotatable bonds is 11. The maximum absolute atomic E-state index is 14.1. The minimum atomic E-state index is -4.30. The molecule has 2 amide bonds. The van der Waals surface area contributed by atoms with Crippen LogP contribution in [-0.4, -0.2) is 57.5 Å². The minimum Gasteiger partial charge on any atom is -0.493 e. The molecule has 3 aromatic carbocycles. The number of methoxy groups -OCH3 is 2. The van der Waals surface area contributed by atoms with Crippen LogP contribution in [0, 0.1) is 6.92 Å². The predicted molar refractivity (Wildman–Crippen MR) is 170 cm³/mol. The molecule has 232 valence electrons. The minimum absolute atomic E-state index is 0.0212. The standard InChI is InChI=1S/C31H37Cl2N3O6S/c1-20-8-11-23(12-9-20)36(43(39,40)24-13-15-27(41-6)28(17-24)42-7)19-29(37)35(21(2)30(38)34-31(3,4)5)18-22-10-14-25(32)26(33)16-22/h8-17,21H,18-19H2,1-7H3,(H,34,38)/t21-/m0/s1. The molecule has 0 radical (unpaired) electrons. The van der Waals surface area contributed by atoms with E-state index >= 15 is 0 Å². The Morgan fingerprint density at radius 2 is 1.53 bits per heavy atom. The molecule has 0 aliphatic rings. The van der Waals surface area contributed by atoms with Crippen LogP contribution in [0.25, 0.3) is 0 Å². The van der Waals surface area contributed by atoms with Gasteiger partial charge in [-0.05, 0) is 76.6 Å². The fourth-order valence-electron chi connectivity index (χ4n) is 4.24. The van der Waals surface area contributed by atoms with E-state index in [1.165, 1.54) is 37.3 Å². The predicted octanol–water partition coefficient (Wildman–Crippen LogP) is 5.85. The largest absolute Gasteiger partial charge is 0.493 e. The lowest BCUT2D eigenvalue weighted by Crippen LogP contribution is -2.54. The van der Waals surface area contributed by atoms with E-state index in [0.29, 0.717) is 16.3 Å². The third-order valence-electron chi connectivity index (χ3n) is 6.55. The molecular formula is C31H37Cl2N3O6S. The summed E-state index contributed by atoms with van der Waals surface area (Å²) in [5.74, 6) is -0.434. The Balaban J connectivity index is 2.09. The zero-order chi connectivity index (χ0) is 32.1. The normalized spacial score (nSPS) is 12.3. The van der Waals surface area contributed by atoms with E-state index in [2.05, 4.69) is 5.32 Å². The molecule has 1 N–H and O–H groups in total.